The fraction of sp³-hybridized carbons (Fsp3) is 0.381. The van der Waals surface area contributed by atoms with Crippen LogP contribution >= 0.6 is 12.2 Å². The molecule has 0 spiro atoms. The highest BCUT2D eigenvalue weighted by atomic mass is 32.1. The molecule has 0 bridgehead atoms. The van der Waals surface area contributed by atoms with Crippen LogP contribution in [0, 0.1) is 0 Å². The number of nitrogens with one attached hydrogen (secondary N) is 2. The molecule has 0 aliphatic rings. The van der Waals surface area contributed by atoms with E-state index in [0.29, 0.717) is 11.7 Å². The molecule has 0 aromatic heterocycles. The van der Waals surface area contributed by atoms with Crippen LogP contribution in [0.15, 0.2) is 48.5 Å². The summed E-state index contributed by atoms with van der Waals surface area (Å²) in [5, 5.41) is 7.15. The van der Waals surface area contributed by atoms with Crippen molar-refractivity contribution in [3.8, 4) is 5.75 Å². The van der Waals surface area contributed by atoms with Crippen LogP contribution in [0.5, 0.6) is 5.75 Å². The Balaban J connectivity index is 2.01. The summed E-state index contributed by atoms with van der Waals surface area (Å²) in [6, 6.07) is 16.6. The van der Waals surface area contributed by atoms with Gasteiger partial charge in [-0.1, -0.05) is 57.2 Å². The Morgan fingerprint density at radius 3 is 2.32 bits per heavy atom. The van der Waals surface area contributed by atoms with Gasteiger partial charge < -0.3 is 15.4 Å². The molecule has 2 aromatic rings. The van der Waals surface area contributed by atoms with E-state index < -0.39 is 0 Å². The largest absolute Gasteiger partial charge is 0.492 e. The van der Waals surface area contributed by atoms with E-state index in [1.54, 1.807) is 0 Å². The van der Waals surface area contributed by atoms with Crippen LogP contribution in [0.25, 0.3) is 0 Å². The van der Waals surface area contributed by atoms with Crippen molar-refractivity contribution in [3.05, 3.63) is 59.7 Å². The topological polar surface area (TPSA) is 33.3 Å². The predicted molar refractivity (Wildman–Crippen MR) is 111 cm³/mol. The van der Waals surface area contributed by atoms with Crippen LogP contribution in [0.2, 0.25) is 0 Å². The average molecular weight is 357 g/mol. The maximum absolute atomic E-state index is 5.62. The Bertz CT molecular complexity index is 705. The molecule has 1 atom stereocenters. The number of benzene rings is 2. The van der Waals surface area contributed by atoms with E-state index in [4.69, 9.17) is 17.0 Å². The molecule has 0 aliphatic carbocycles. The van der Waals surface area contributed by atoms with E-state index in [-0.39, 0.29) is 11.5 Å². The van der Waals surface area contributed by atoms with Gasteiger partial charge in [0, 0.05) is 0 Å². The third kappa shape index (κ3) is 5.46. The molecule has 25 heavy (non-hydrogen) atoms. The molecule has 2 N–H and O–H groups in total. The lowest BCUT2D eigenvalue weighted by atomic mass is 9.86. The van der Waals surface area contributed by atoms with Crippen LogP contribution in [-0.2, 0) is 5.41 Å². The highest BCUT2D eigenvalue weighted by Crippen LogP contribution is 2.25. The van der Waals surface area contributed by atoms with E-state index in [1.807, 2.05) is 31.2 Å². The molecule has 134 valence electrons. The van der Waals surface area contributed by atoms with Crippen molar-refractivity contribution in [3.63, 3.8) is 0 Å². The van der Waals surface area contributed by atoms with E-state index >= 15 is 0 Å². The van der Waals surface area contributed by atoms with Crippen molar-refractivity contribution in [1.82, 2.24) is 5.32 Å². The van der Waals surface area contributed by atoms with Gasteiger partial charge in [0.2, 0.25) is 0 Å². The minimum atomic E-state index is 0.119. The summed E-state index contributed by atoms with van der Waals surface area (Å²) in [6.45, 7) is 11.4. The molecular formula is C21H28N2OS. The zero-order chi connectivity index (χ0) is 18.4. The quantitative estimate of drug-likeness (QED) is 0.700. The zero-order valence-electron chi connectivity index (χ0n) is 15.7. The molecule has 3 nitrogen and oxygen atoms in total. The number of rotatable bonds is 5. The van der Waals surface area contributed by atoms with Gasteiger partial charge in [-0.3, -0.25) is 0 Å². The van der Waals surface area contributed by atoms with Crippen molar-refractivity contribution in [1.29, 1.82) is 0 Å². The standard InChI is InChI=1S/C21H28N2OS/c1-6-24-19-10-8-7-9-18(19)23-20(25)22-15(2)16-11-13-17(14-12-16)21(3,4)5/h7-15H,6H2,1-5H3,(H2,22,23,25). The molecule has 0 radical (unpaired) electrons. The molecule has 0 saturated heterocycles. The van der Waals surface area contributed by atoms with Crippen LogP contribution in [-0.4, -0.2) is 11.7 Å². The van der Waals surface area contributed by atoms with Gasteiger partial charge in [-0.25, -0.2) is 0 Å². The first kappa shape index (κ1) is 19.3. The number of thiocarbonyl (C=S) groups is 1. The minimum Gasteiger partial charge on any atom is -0.492 e. The highest BCUT2D eigenvalue weighted by molar-refractivity contribution is 7.80. The van der Waals surface area contributed by atoms with Gasteiger partial charge in [-0.05, 0) is 54.7 Å². The third-order valence-corrected chi connectivity index (χ3v) is 4.28. The van der Waals surface area contributed by atoms with Gasteiger partial charge in [-0.15, -0.1) is 0 Å². The van der Waals surface area contributed by atoms with Crippen molar-refractivity contribution >= 4 is 23.0 Å². The van der Waals surface area contributed by atoms with E-state index in [9.17, 15) is 0 Å². The Labute approximate surface area is 156 Å². The van der Waals surface area contributed by atoms with Crippen LogP contribution in [0.4, 0.5) is 5.69 Å². The molecule has 2 rings (SSSR count). The number of anilines is 1. The van der Waals surface area contributed by atoms with E-state index in [0.717, 1.165) is 11.4 Å². The molecule has 0 amide bonds. The molecular weight excluding hydrogens is 328 g/mol. The summed E-state index contributed by atoms with van der Waals surface area (Å²) in [5.41, 5.74) is 3.57. The van der Waals surface area contributed by atoms with Crippen LogP contribution in [0.1, 0.15) is 51.8 Å². The van der Waals surface area contributed by atoms with Crippen molar-refractivity contribution in [2.24, 2.45) is 0 Å². The predicted octanol–water partition coefficient (Wildman–Crippen LogP) is 5.43. The molecule has 0 saturated carbocycles. The SMILES string of the molecule is CCOc1ccccc1NC(=S)NC(C)c1ccc(C(C)(C)C)cc1. The molecule has 4 heteroatoms. The van der Waals surface area contributed by atoms with Crippen molar-refractivity contribution < 1.29 is 4.74 Å². The number of hydrogen-bond acceptors (Lipinski definition) is 2. The van der Waals surface area contributed by atoms with Gasteiger partial charge in [0.05, 0.1) is 18.3 Å². The number of hydrogen-bond donors (Lipinski definition) is 2. The summed E-state index contributed by atoms with van der Waals surface area (Å²) in [5.74, 6) is 0.802. The molecule has 0 fully saturated rings. The van der Waals surface area contributed by atoms with Gasteiger partial charge in [0.25, 0.3) is 0 Å². The Morgan fingerprint density at radius 1 is 1.08 bits per heavy atom. The van der Waals surface area contributed by atoms with Gasteiger partial charge in [0.1, 0.15) is 5.75 Å². The number of ether oxygens (including phenoxy) is 1. The second-order valence-corrected chi connectivity index (χ2v) is 7.53. The maximum atomic E-state index is 5.62. The van der Waals surface area contributed by atoms with Gasteiger partial charge in [-0.2, -0.15) is 0 Å². The highest BCUT2D eigenvalue weighted by Gasteiger charge is 2.14. The Kier molecular flexibility index (Phi) is 6.43. The zero-order valence-corrected chi connectivity index (χ0v) is 16.5. The Hall–Kier alpha value is -2.07. The van der Waals surface area contributed by atoms with Crippen molar-refractivity contribution in [2.45, 2.75) is 46.1 Å². The van der Waals surface area contributed by atoms with Crippen LogP contribution in [0.3, 0.4) is 0 Å². The monoisotopic (exact) mass is 356 g/mol. The van der Waals surface area contributed by atoms with E-state index in [1.165, 1.54) is 11.1 Å². The van der Waals surface area contributed by atoms with Gasteiger partial charge >= 0.3 is 0 Å². The lowest BCUT2D eigenvalue weighted by molar-refractivity contribution is 0.342. The number of para-hydroxylation sites is 2. The average Bonchev–Trinajstić information content (AvgIpc) is 2.56. The second kappa shape index (κ2) is 8.34. The fourth-order valence-corrected chi connectivity index (χ4v) is 2.85. The maximum Gasteiger partial charge on any atom is 0.171 e. The summed E-state index contributed by atoms with van der Waals surface area (Å²) < 4.78 is 5.62. The lowest BCUT2D eigenvalue weighted by Gasteiger charge is -2.22. The van der Waals surface area contributed by atoms with Gasteiger partial charge in [0.15, 0.2) is 5.11 Å². The second-order valence-electron chi connectivity index (χ2n) is 7.12. The first-order valence-electron chi connectivity index (χ1n) is 8.71. The van der Waals surface area contributed by atoms with Crippen molar-refractivity contribution in [2.75, 3.05) is 11.9 Å². The third-order valence-electron chi connectivity index (χ3n) is 4.06. The molecule has 1 unspecified atom stereocenters. The Morgan fingerprint density at radius 2 is 1.72 bits per heavy atom. The summed E-state index contributed by atoms with van der Waals surface area (Å²) in [7, 11) is 0. The molecule has 0 aliphatic heterocycles. The molecule has 2 aromatic carbocycles. The normalized spacial score (nSPS) is 12.4. The smallest absolute Gasteiger partial charge is 0.171 e. The lowest BCUT2D eigenvalue weighted by Crippen LogP contribution is -2.31. The summed E-state index contributed by atoms with van der Waals surface area (Å²) >= 11 is 5.46. The van der Waals surface area contributed by atoms with Crippen LogP contribution < -0.4 is 15.4 Å². The first-order chi connectivity index (χ1) is 11.8. The minimum absolute atomic E-state index is 0.119. The summed E-state index contributed by atoms with van der Waals surface area (Å²) in [6.07, 6.45) is 0. The molecule has 0 heterocycles. The fourth-order valence-electron chi connectivity index (χ4n) is 2.56. The first-order valence-corrected chi connectivity index (χ1v) is 9.12. The summed E-state index contributed by atoms with van der Waals surface area (Å²) in [4.78, 5) is 0. The van der Waals surface area contributed by atoms with E-state index in [2.05, 4.69) is 62.6 Å².